The molecule has 2 N–H and O–H groups in total. The lowest BCUT2D eigenvalue weighted by atomic mass is 9.91. The number of hydrogen-bond donors (Lipinski definition) is 2. The van der Waals surface area contributed by atoms with Crippen LogP contribution in [-0.2, 0) is 6.42 Å². The van der Waals surface area contributed by atoms with Crippen LogP contribution in [0.3, 0.4) is 0 Å². The standard InChI is InChI=1S/C15H13NO3/c17-8-2-3-9-6-7-12-13-10(9)4-1-5-11(13)14(18)16-15(12)19/h1,4-7,17H,2-3,8H2,(H,16,18,19). The lowest BCUT2D eigenvalue weighted by Gasteiger charge is -2.18. The molecule has 19 heavy (non-hydrogen) atoms. The van der Waals surface area contributed by atoms with Crippen molar-refractivity contribution in [2.45, 2.75) is 12.8 Å². The predicted molar refractivity (Wildman–Crippen MR) is 71.2 cm³/mol. The zero-order valence-electron chi connectivity index (χ0n) is 10.3. The Balaban J connectivity index is 2.29. The normalized spacial score (nSPS) is 13.7. The second kappa shape index (κ2) is 4.48. The average molecular weight is 255 g/mol. The largest absolute Gasteiger partial charge is 0.396 e. The third-order valence-corrected chi connectivity index (χ3v) is 3.45. The zero-order chi connectivity index (χ0) is 13.4. The molecule has 2 amide bonds. The molecule has 3 rings (SSSR count). The number of carbonyl (C=O) groups is 2. The molecule has 2 aromatic rings. The highest BCUT2D eigenvalue weighted by Crippen LogP contribution is 2.29. The SMILES string of the molecule is O=C1NC(=O)c2ccc(CCCO)c3cccc1c23. The second-order valence-corrected chi connectivity index (χ2v) is 4.61. The first-order valence-electron chi connectivity index (χ1n) is 6.23. The average Bonchev–Trinajstić information content (AvgIpc) is 2.42. The maximum Gasteiger partial charge on any atom is 0.258 e. The number of amides is 2. The fourth-order valence-corrected chi connectivity index (χ4v) is 2.57. The van der Waals surface area contributed by atoms with Crippen molar-refractivity contribution in [2.75, 3.05) is 6.61 Å². The fraction of sp³-hybridized carbons (Fsp3) is 0.200. The van der Waals surface area contributed by atoms with E-state index < -0.39 is 0 Å². The van der Waals surface area contributed by atoms with Crippen molar-refractivity contribution in [1.82, 2.24) is 5.32 Å². The number of benzene rings is 2. The van der Waals surface area contributed by atoms with E-state index >= 15 is 0 Å². The third-order valence-electron chi connectivity index (χ3n) is 3.45. The van der Waals surface area contributed by atoms with Crippen LogP contribution in [0.5, 0.6) is 0 Å². The van der Waals surface area contributed by atoms with E-state index in [1.54, 1.807) is 12.1 Å². The summed E-state index contributed by atoms with van der Waals surface area (Å²) < 4.78 is 0. The zero-order valence-corrected chi connectivity index (χ0v) is 10.3. The van der Waals surface area contributed by atoms with E-state index in [-0.39, 0.29) is 18.4 Å². The molecule has 0 unspecified atom stereocenters. The number of imide groups is 1. The topological polar surface area (TPSA) is 66.4 Å². The Kier molecular flexibility index (Phi) is 2.80. The first kappa shape index (κ1) is 11.9. The summed E-state index contributed by atoms with van der Waals surface area (Å²) in [5.74, 6) is -0.690. The maximum atomic E-state index is 11.8. The summed E-state index contributed by atoms with van der Waals surface area (Å²) >= 11 is 0. The van der Waals surface area contributed by atoms with Gasteiger partial charge in [-0.2, -0.15) is 0 Å². The Morgan fingerprint density at radius 1 is 1.00 bits per heavy atom. The van der Waals surface area contributed by atoms with E-state index in [2.05, 4.69) is 5.32 Å². The molecule has 0 radical (unpaired) electrons. The molecule has 0 saturated heterocycles. The molecule has 96 valence electrons. The van der Waals surface area contributed by atoms with E-state index in [1.165, 1.54) is 0 Å². The molecule has 2 aromatic carbocycles. The summed E-state index contributed by atoms with van der Waals surface area (Å²) in [5.41, 5.74) is 2.13. The van der Waals surface area contributed by atoms with Gasteiger partial charge in [0, 0.05) is 23.1 Å². The number of nitrogens with one attached hydrogen (secondary N) is 1. The van der Waals surface area contributed by atoms with E-state index in [9.17, 15) is 9.59 Å². The monoisotopic (exact) mass is 255 g/mol. The van der Waals surface area contributed by atoms with Gasteiger partial charge in [-0.15, -0.1) is 0 Å². The molecule has 0 saturated carbocycles. The Hall–Kier alpha value is -2.20. The van der Waals surface area contributed by atoms with Gasteiger partial charge in [0.05, 0.1) is 0 Å². The molecule has 4 nitrogen and oxygen atoms in total. The van der Waals surface area contributed by atoms with Crippen molar-refractivity contribution < 1.29 is 14.7 Å². The highest BCUT2D eigenvalue weighted by molar-refractivity contribution is 6.25. The Bertz CT molecular complexity index is 671. The second-order valence-electron chi connectivity index (χ2n) is 4.61. The highest BCUT2D eigenvalue weighted by atomic mass is 16.3. The quantitative estimate of drug-likeness (QED) is 0.819. The van der Waals surface area contributed by atoms with Crippen LogP contribution in [0.15, 0.2) is 30.3 Å². The van der Waals surface area contributed by atoms with Crippen molar-refractivity contribution in [3.63, 3.8) is 0 Å². The molecule has 0 aliphatic carbocycles. The molecule has 4 heteroatoms. The summed E-state index contributed by atoms with van der Waals surface area (Å²) in [4.78, 5) is 23.7. The lowest BCUT2D eigenvalue weighted by Crippen LogP contribution is -2.34. The number of hydrogen-bond acceptors (Lipinski definition) is 3. The smallest absolute Gasteiger partial charge is 0.258 e. The van der Waals surface area contributed by atoms with Crippen LogP contribution in [0.2, 0.25) is 0 Å². The van der Waals surface area contributed by atoms with Crippen LogP contribution in [0.1, 0.15) is 32.7 Å². The predicted octanol–water partition coefficient (Wildman–Crippen LogP) is 1.65. The van der Waals surface area contributed by atoms with E-state index in [1.807, 2.05) is 18.2 Å². The minimum absolute atomic E-state index is 0.127. The fourth-order valence-electron chi connectivity index (χ4n) is 2.57. The van der Waals surface area contributed by atoms with Gasteiger partial charge in [0.25, 0.3) is 11.8 Å². The Morgan fingerprint density at radius 3 is 2.47 bits per heavy atom. The van der Waals surface area contributed by atoms with Crippen molar-refractivity contribution in [1.29, 1.82) is 0 Å². The van der Waals surface area contributed by atoms with Gasteiger partial charge in [-0.25, -0.2) is 0 Å². The minimum atomic E-state index is -0.345. The molecule has 0 aromatic heterocycles. The van der Waals surface area contributed by atoms with Gasteiger partial charge >= 0.3 is 0 Å². The summed E-state index contributed by atoms with van der Waals surface area (Å²) in [5, 5.41) is 12.9. The number of aryl methyl sites for hydroxylation is 1. The molecule has 0 spiro atoms. The third kappa shape index (κ3) is 1.81. The van der Waals surface area contributed by atoms with Gasteiger partial charge in [-0.05, 0) is 35.9 Å². The van der Waals surface area contributed by atoms with Crippen LogP contribution < -0.4 is 5.32 Å². The van der Waals surface area contributed by atoms with Gasteiger partial charge in [0.1, 0.15) is 0 Å². The molecular weight excluding hydrogens is 242 g/mol. The minimum Gasteiger partial charge on any atom is -0.396 e. The highest BCUT2D eigenvalue weighted by Gasteiger charge is 2.25. The van der Waals surface area contributed by atoms with Gasteiger partial charge in [-0.3, -0.25) is 14.9 Å². The van der Waals surface area contributed by atoms with E-state index in [4.69, 9.17) is 5.11 Å². The molecule has 0 bridgehead atoms. The van der Waals surface area contributed by atoms with Crippen molar-refractivity contribution in [2.24, 2.45) is 0 Å². The first-order valence-corrected chi connectivity index (χ1v) is 6.23. The first-order chi connectivity index (χ1) is 9.22. The Labute approximate surface area is 110 Å². The molecule has 1 heterocycles. The summed E-state index contributed by atoms with van der Waals surface area (Å²) in [7, 11) is 0. The Morgan fingerprint density at radius 2 is 1.74 bits per heavy atom. The van der Waals surface area contributed by atoms with Crippen molar-refractivity contribution in [3.05, 3.63) is 47.0 Å². The summed E-state index contributed by atoms with van der Waals surface area (Å²) in [6, 6.07) is 9.11. The van der Waals surface area contributed by atoms with Crippen molar-refractivity contribution in [3.8, 4) is 0 Å². The molecular formula is C15H13NO3. The lowest BCUT2D eigenvalue weighted by molar-refractivity contribution is 0.0845. The number of carbonyl (C=O) groups excluding carboxylic acids is 2. The van der Waals surface area contributed by atoms with Crippen LogP contribution in [0.4, 0.5) is 0 Å². The molecule has 1 aliphatic rings. The molecule has 0 atom stereocenters. The molecule has 1 aliphatic heterocycles. The summed E-state index contributed by atoms with van der Waals surface area (Å²) in [6.45, 7) is 0.127. The number of aliphatic hydroxyl groups excluding tert-OH is 1. The van der Waals surface area contributed by atoms with Crippen LogP contribution in [0, 0.1) is 0 Å². The van der Waals surface area contributed by atoms with E-state index in [0.717, 1.165) is 22.8 Å². The molecule has 0 fully saturated rings. The van der Waals surface area contributed by atoms with E-state index in [0.29, 0.717) is 17.5 Å². The van der Waals surface area contributed by atoms with Crippen LogP contribution in [-0.4, -0.2) is 23.5 Å². The number of rotatable bonds is 3. The van der Waals surface area contributed by atoms with Crippen LogP contribution >= 0.6 is 0 Å². The van der Waals surface area contributed by atoms with Crippen LogP contribution in [0.25, 0.3) is 10.8 Å². The van der Waals surface area contributed by atoms with Crippen molar-refractivity contribution >= 4 is 22.6 Å². The van der Waals surface area contributed by atoms with Gasteiger partial charge < -0.3 is 5.11 Å². The maximum absolute atomic E-state index is 11.8. The van der Waals surface area contributed by atoms with Gasteiger partial charge in [-0.1, -0.05) is 18.2 Å². The van der Waals surface area contributed by atoms with Gasteiger partial charge in [0.2, 0.25) is 0 Å². The summed E-state index contributed by atoms with van der Waals surface area (Å²) in [6.07, 6.45) is 1.39. The number of aliphatic hydroxyl groups is 1. The van der Waals surface area contributed by atoms with Gasteiger partial charge in [0.15, 0.2) is 0 Å².